The Morgan fingerprint density at radius 2 is 2.15 bits per heavy atom. The molecule has 0 saturated carbocycles. The predicted octanol–water partition coefficient (Wildman–Crippen LogP) is 1.83. The molecule has 1 fully saturated rings. The van der Waals surface area contributed by atoms with Crippen LogP contribution in [0.1, 0.15) is 19.8 Å². The second kappa shape index (κ2) is 5.63. The van der Waals surface area contributed by atoms with Gasteiger partial charge in [0.2, 0.25) is 0 Å². The smallest absolute Gasteiger partial charge is 0.0460 e. The average molecular weight is 204 g/mol. The first-order chi connectivity index (χ1) is 6.26. The fraction of sp³-hybridized carbons (Fsp3) is 0.800. The molecular weight excluding hydrogens is 186 g/mol. The van der Waals surface area contributed by atoms with E-state index in [-0.39, 0.29) is 0 Å². The van der Waals surface area contributed by atoms with Crippen LogP contribution in [0.15, 0.2) is 11.1 Å². The highest BCUT2D eigenvalue weighted by atomic mass is 35.5. The molecular formula is C10H18ClNO. The number of aliphatic hydroxyl groups excluding tert-OH is 1. The molecule has 0 aromatic heterocycles. The summed E-state index contributed by atoms with van der Waals surface area (Å²) in [6.45, 7) is 5.55. The molecule has 0 atom stereocenters. The monoisotopic (exact) mass is 203 g/mol. The largest absolute Gasteiger partial charge is 0.396 e. The summed E-state index contributed by atoms with van der Waals surface area (Å²) in [5.41, 5.74) is 2.86. The van der Waals surface area contributed by atoms with Gasteiger partial charge in [-0.15, -0.1) is 0 Å². The minimum atomic E-state index is 0.345. The first kappa shape index (κ1) is 11.0. The summed E-state index contributed by atoms with van der Waals surface area (Å²) < 4.78 is 0. The van der Waals surface area contributed by atoms with E-state index in [2.05, 4.69) is 4.90 Å². The first-order valence-electron chi connectivity index (χ1n) is 4.85. The van der Waals surface area contributed by atoms with Crippen LogP contribution in [0.4, 0.5) is 0 Å². The minimum absolute atomic E-state index is 0.345. The standard InChI is InChI=1S/C10H18ClNO/c1-9(6-11)7-12-4-2-10(8-13)3-5-12/h6,10,13H,2-5,7-8H2,1H3. The third kappa shape index (κ3) is 3.67. The number of halogens is 1. The molecule has 13 heavy (non-hydrogen) atoms. The Balaban J connectivity index is 2.25. The first-order valence-corrected chi connectivity index (χ1v) is 5.29. The highest BCUT2D eigenvalue weighted by Gasteiger charge is 2.17. The molecule has 0 bridgehead atoms. The van der Waals surface area contributed by atoms with Crippen LogP contribution in [-0.2, 0) is 0 Å². The van der Waals surface area contributed by atoms with E-state index < -0.39 is 0 Å². The van der Waals surface area contributed by atoms with Gasteiger partial charge in [-0.05, 0) is 44.3 Å². The summed E-state index contributed by atoms with van der Waals surface area (Å²) in [5.74, 6) is 0.525. The van der Waals surface area contributed by atoms with Crippen molar-refractivity contribution in [1.82, 2.24) is 4.90 Å². The van der Waals surface area contributed by atoms with Crippen LogP contribution in [0.3, 0.4) is 0 Å². The molecule has 1 aliphatic rings. The highest BCUT2D eigenvalue weighted by Crippen LogP contribution is 2.17. The number of nitrogens with zero attached hydrogens (tertiary/aromatic N) is 1. The van der Waals surface area contributed by atoms with Gasteiger partial charge in [-0.25, -0.2) is 0 Å². The lowest BCUT2D eigenvalue weighted by atomic mass is 9.98. The Morgan fingerprint density at radius 3 is 2.62 bits per heavy atom. The maximum Gasteiger partial charge on any atom is 0.0460 e. The molecule has 0 aromatic rings. The molecule has 0 spiro atoms. The Bertz CT molecular complexity index is 174. The van der Waals surface area contributed by atoms with E-state index in [1.807, 2.05) is 6.92 Å². The highest BCUT2D eigenvalue weighted by molar-refractivity contribution is 6.25. The second-order valence-electron chi connectivity index (χ2n) is 3.86. The Morgan fingerprint density at radius 1 is 1.54 bits per heavy atom. The van der Waals surface area contributed by atoms with Crippen molar-refractivity contribution >= 4 is 11.6 Å². The van der Waals surface area contributed by atoms with Crippen LogP contribution >= 0.6 is 11.6 Å². The summed E-state index contributed by atoms with van der Waals surface area (Å²) in [4.78, 5) is 2.39. The number of rotatable bonds is 3. The molecule has 0 unspecified atom stereocenters. The van der Waals surface area contributed by atoms with Crippen molar-refractivity contribution in [3.63, 3.8) is 0 Å². The van der Waals surface area contributed by atoms with E-state index in [9.17, 15) is 0 Å². The Hall–Kier alpha value is -0.0500. The minimum Gasteiger partial charge on any atom is -0.396 e. The molecule has 76 valence electrons. The van der Waals surface area contributed by atoms with Gasteiger partial charge in [-0.2, -0.15) is 0 Å². The Kier molecular flexibility index (Phi) is 4.78. The number of hydrogen-bond donors (Lipinski definition) is 1. The van der Waals surface area contributed by atoms with Crippen molar-refractivity contribution in [3.05, 3.63) is 11.1 Å². The molecule has 1 aliphatic heterocycles. The fourth-order valence-corrected chi connectivity index (χ4v) is 1.78. The summed E-state index contributed by atoms with van der Waals surface area (Å²) in [6, 6.07) is 0. The van der Waals surface area contributed by atoms with E-state index in [1.165, 1.54) is 5.57 Å². The molecule has 1 heterocycles. The lowest BCUT2D eigenvalue weighted by Gasteiger charge is -2.31. The van der Waals surface area contributed by atoms with Gasteiger partial charge in [0.15, 0.2) is 0 Å². The molecule has 3 heteroatoms. The average Bonchev–Trinajstić information content (AvgIpc) is 2.19. The third-order valence-electron chi connectivity index (χ3n) is 2.62. The van der Waals surface area contributed by atoms with Gasteiger partial charge in [0.25, 0.3) is 0 Å². The third-order valence-corrected chi connectivity index (χ3v) is 3.00. The summed E-state index contributed by atoms with van der Waals surface area (Å²) in [5, 5.41) is 8.95. The van der Waals surface area contributed by atoms with Crippen molar-refractivity contribution in [2.45, 2.75) is 19.8 Å². The van der Waals surface area contributed by atoms with Crippen LogP contribution in [0.5, 0.6) is 0 Å². The molecule has 1 rings (SSSR count). The fourth-order valence-electron chi connectivity index (χ4n) is 1.71. The lowest BCUT2D eigenvalue weighted by molar-refractivity contribution is 0.138. The van der Waals surface area contributed by atoms with E-state index in [0.29, 0.717) is 12.5 Å². The van der Waals surface area contributed by atoms with Crippen molar-refractivity contribution < 1.29 is 5.11 Å². The molecule has 1 saturated heterocycles. The maximum absolute atomic E-state index is 8.95. The van der Waals surface area contributed by atoms with Gasteiger partial charge in [0.1, 0.15) is 0 Å². The number of likely N-dealkylation sites (tertiary alicyclic amines) is 1. The van der Waals surface area contributed by atoms with Crippen molar-refractivity contribution in [2.75, 3.05) is 26.2 Å². The molecule has 0 aliphatic carbocycles. The van der Waals surface area contributed by atoms with Gasteiger partial charge in [-0.3, -0.25) is 4.90 Å². The zero-order valence-corrected chi connectivity index (χ0v) is 8.93. The topological polar surface area (TPSA) is 23.5 Å². The molecule has 0 aromatic carbocycles. The summed E-state index contributed by atoms with van der Waals surface area (Å²) in [6.07, 6.45) is 2.23. The molecule has 0 radical (unpaired) electrons. The maximum atomic E-state index is 8.95. The molecule has 2 nitrogen and oxygen atoms in total. The number of aliphatic hydroxyl groups is 1. The van der Waals surface area contributed by atoms with Crippen molar-refractivity contribution in [3.8, 4) is 0 Å². The van der Waals surface area contributed by atoms with Gasteiger partial charge in [0, 0.05) is 18.7 Å². The van der Waals surface area contributed by atoms with E-state index in [1.54, 1.807) is 5.54 Å². The second-order valence-corrected chi connectivity index (χ2v) is 4.08. The SMILES string of the molecule is CC(=CCl)CN1CCC(CO)CC1. The van der Waals surface area contributed by atoms with E-state index in [0.717, 1.165) is 32.5 Å². The van der Waals surface area contributed by atoms with E-state index in [4.69, 9.17) is 16.7 Å². The lowest BCUT2D eigenvalue weighted by Crippen LogP contribution is -2.35. The van der Waals surface area contributed by atoms with Crippen LogP contribution in [-0.4, -0.2) is 36.2 Å². The zero-order valence-electron chi connectivity index (χ0n) is 8.17. The number of hydrogen-bond acceptors (Lipinski definition) is 2. The van der Waals surface area contributed by atoms with Gasteiger partial charge < -0.3 is 5.11 Å². The van der Waals surface area contributed by atoms with Gasteiger partial charge >= 0.3 is 0 Å². The van der Waals surface area contributed by atoms with Gasteiger partial charge in [0.05, 0.1) is 0 Å². The molecule has 1 N–H and O–H groups in total. The van der Waals surface area contributed by atoms with Crippen LogP contribution in [0.2, 0.25) is 0 Å². The normalized spacial score (nSPS) is 22.2. The molecule has 0 amide bonds. The van der Waals surface area contributed by atoms with Crippen molar-refractivity contribution in [1.29, 1.82) is 0 Å². The predicted molar refractivity (Wildman–Crippen MR) is 55.9 cm³/mol. The van der Waals surface area contributed by atoms with Crippen molar-refractivity contribution in [2.24, 2.45) is 5.92 Å². The Labute approximate surface area is 85.2 Å². The number of piperidine rings is 1. The summed E-state index contributed by atoms with van der Waals surface area (Å²) >= 11 is 5.60. The van der Waals surface area contributed by atoms with Crippen LogP contribution < -0.4 is 0 Å². The van der Waals surface area contributed by atoms with Crippen LogP contribution in [0, 0.1) is 5.92 Å². The van der Waals surface area contributed by atoms with Gasteiger partial charge in [-0.1, -0.05) is 11.6 Å². The van der Waals surface area contributed by atoms with E-state index >= 15 is 0 Å². The summed E-state index contributed by atoms with van der Waals surface area (Å²) in [7, 11) is 0. The van der Waals surface area contributed by atoms with Crippen LogP contribution in [0.25, 0.3) is 0 Å². The zero-order chi connectivity index (χ0) is 9.68. The quantitative estimate of drug-likeness (QED) is 0.757.